The van der Waals surface area contributed by atoms with Gasteiger partial charge in [-0.1, -0.05) is 0 Å². The van der Waals surface area contributed by atoms with Gasteiger partial charge in [0.2, 0.25) is 0 Å². The van der Waals surface area contributed by atoms with Crippen molar-refractivity contribution in [3.05, 3.63) is 24.3 Å². The van der Waals surface area contributed by atoms with Gasteiger partial charge in [0.05, 0.1) is 5.69 Å². The summed E-state index contributed by atoms with van der Waals surface area (Å²) < 4.78 is 0. The van der Waals surface area contributed by atoms with Gasteiger partial charge in [0, 0.05) is 18.0 Å². The average Bonchev–Trinajstić information content (AvgIpc) is 2.52. The van der Waals surface area contributed by atoms with E-state index in [9.17, 15) is 0 Å². The second kappa shape index (κ2) is 2.85. The number of aryl methyl sites for hydroxylation is 1. The summed E-state index contributed by atoms with van der Waals surface area (Å²) in [6.07, 6.45) is 3.27. The molecule has 2 aromatic rings. The first-order valence-electron chi connectivity index (χ1n) is 3.85. The Kier molecular flexibility index (Phi) is 1.70. The number of aromatic nitrogens is 4. The normalized spacial score (nSPS) is 10.2. The molecule has 0 unspecified atom stereocenters. The number of aromatic amines is 1. The van der Waals surface area contributed by atoms with Crippen LogP contribution in [0.15, 0.2) is 18.5 Å². The fraction of sp³-hybridized carbons (Fsp3) is 0.125. The first-order chi connectivity index (χ1) is 6.25. The van der Waals surface area contributed by atoms with E-state index in [0.29, 0.717) is 11.5 Å². The number of hydrogen-bond acceptors (Lipinski definition) is 4. The molecule has 0 aliphatic carbocycles. The summed E-state index contributed by atoms with van der Waals surface area (Å²) in [5.74, 6) is 1.40. The minimum atomic E-state index is 0.611. The molecule has 66 valence electrons. The van der Waals surface area contributed by atoms with Crippen molar-refractivity contribution in [1.82, 2.24) is 20.2 Å². The molecule has 13 heavy (non-hydrogen) atoms. The van der Waals surface area contributed by atoms with Crippen LogP contribution in [0.3, 0.4) is 0 Å². The van der Waals surface area contributed by atoms with Crippen molar-refractivity contribution in [2.75, 3.05) is 5.73 Å². The molecular weight excluding hydrogens is 166 g/mol. The van der Waals surface area contributed by atoms with Gasteiger partial charge in [-0.15, -0.1) is 0 Å². The van der Waals surface area contributed by atoms with Crippen molar-refractivity contribution in [2.24, 2.45) is 0 Å². The lowest BCUT2D eigenvalue weighted by atomic mass is 10.2. The topological polar surface area (TPSA) is 80.5 Å². The van der Waals surface area contributed by atoms with Crippen molar-refractivity contribution in [2.45, 2.75) is 6.92 Å². The number of pyridine rings is 1. The van der Waals surface area contributed by atoms with Crippen molar-refractivity contribution < 1.29 is 0 Å². The van der Waals surface area contributed by atoms with Crippen molar-refractivity contribution in [3.8, 4) is 11.4 Å². The SMILES string of the molecule is Cc1nc(-c2cncc(N)c2)n[nH]1. The van der Waals surface area contributed by atoms with Gasteiger partial charge in [0.1, 0.15) is 5.82 Å². The highest BCUT2D eigenvalue weighted by Crippen LogP contribution is 2.15. The van der Waals surface area contributed by atoms with Gasteiger partial charge < -0.3 is 5.73 Å². The van der Waals surface area contributed by atoms with E-state index >= 15 is 0 Å². The molecule has 5 nitrogen and oxygen atoms in total. The molecule has 0 aliphatic rings. The van der Waals surface area contributed by atoms with Gasteiger partial charge in [-0.05, 0) is 13.0 Å². The fourth-order valence-electron chi connectivity index (χ4n) is 1.05. The van der Waals surface area contributed by atoms with Gasteiger partial charge in [0.25, 0.3) is 0 Å². The Labute approximate surface area is 75.0 Å². The molecule has 5 heteroatoms. The summed E-state index contributed by atoms with van der Waals surface area (Å²) in [5.41, 5.74) is 7.01. The van der Waals surface area contributed by atoms with E-state index in [1.165, 1.54) is 0 Å². The molecule has 2 rings (SSSR count). The van der Waals surface area contributed by atoms with Gasteiger partial charge in [-0.25, -0.2) is 4.98 Å². The zero-order chi connectivity index (χ0) is 9.26. The minimum absolute atomic E-state index is 0.611. The average molecular weight is 175 g/mol. The molecule has 0 aromatic carbocycles. The van der Waals surface area contributed by atoms with E-state index in [1.807, 2.05) is 6.92 Å². The quantitative estimate of drug-likeness (QED) is 0.670. The highest BCUT2D eigenvalue weighted by Gasteiger charge is 2.03. The summed E-state index contributed by atoms with van der Waals surface area (Å²) in [4.78, 5) is 8.11. The van der Waals surface area contributed by atoms with Crippen LogP contribution in [0.2, 0.25) is 0 Å². The van der Waals surface area contributed by atoms with E-state index in [-0.39, 0.29) is 0 Å². The molecule has 0 spiro atoms. The number of rotatable bonds is 1. The Balaban J connectivity index is 2.46. The van der Waals surface area contributed by atoms with E-state index in [1.54, 1.807) is 18.5 Å². The van der Waals surface area contributed by atoms with Crippen LogP contribution in [-0.2, 0) is 0 Å². The monoisotopic (exact) mass is 175 g/mol. The van der Waals surface area contributed by atoms with Crippen LogP contribution in [0.5, 0.6) is 0 Å². The molecule has 0 fully saturated rings. The maximum atomic E-state index is 5.57. The molecule has 0 aliphatic heterocycles. The standard InChI is InChI=1S/C8H9N5/c1-5-11-8(13-12-5)6-2-7(9)4-10-3-6/h2-4H,9H2,1H3,(H,11,12,13). The Hall–Kier alpha value is -1.91. The van der Waals surface area contributed by atoms with E-state index in [0.717, 1.165) is 11.4 Å². The van der Waals surface area contributed by atoms with Gasteiger partial charge >= 0.3 is 0 Å². The molecule has 2 heterocycles. The number of nitrogens with two attached hydrogens (primary N) is 1. The highest BCUT2D eigenvalue weighted by atomic mass is 15.2. The lowest BCUT2D eigenvalue weighted by molar-refractivity contribution is 1.04. The molecule has 0 saturated carbocycles. The second-order valence-electron chi connectivity index (χ2n) is 2.75. The number of anilines is 1. The maximum Gasteiger partial charge on any atom is 0.182 e. The Morgan fingerprint density at radius 1 is 1.38 bits per heavy atom. The van der Waals surface area contributed by atoms with E-state index < -0.39 is 0 Å². The fourth-order valence-corrected chi connectivity index (χ4v) is 1.05. The Morgan fingerprint density at radius 2 is 2.23 bits per heavy atom. The van der Waals surface area contributed by atoms with E-state index in [4.69, 9.17) is 5.73 Å². The van der Waals surface area contributed by atoms with Crippen LogP contribution in [-0.4, -0.2) is 20.2 Å². The molecule has 0 atom stereocenters. The maximum absolute atomic E-state index is 5.57. The smallest absolute Gasteiger partial charge is 0.182 e. The third-order valence-corrected chi connectivity index (χ3v) is 1.61. The summed E-state index contributed by atoms with van der Waals surface area (Å²) in [7, 11) is 0. The summed E-state index contributed by atoms with van der Waals surface area (Å²) >= 11 is 0. The summed E-state index contributed by atoms with van der Waals surface area (Å²) in [5, 5.41) is 6.75. The molecular formula is C8H9N5. The molecule has 3 N–H and O–H groups in total. The van der Waals surface area contributed by atoms with Crippen LogP contribution >= 0.6 is 0 Å². The van der Waals surface area contributed by atoms with Crippen LogP contribution in [0.1, 0.15) is 5.82 Å². The largest absolute Gasteiger partial charge is 0.397 e. The van der Waals surface area contributed by atoms with Crippen molar-refractivity contribution >= 4 is 5.69 Å². The number of nitrogens with one attached hydrogen (secondary N) is 1. The van der Waals surface area contributed by atoms with Crippen molar-refractivity contribution in [3.63, 3.8) is 0 Å². The first-order valence-corrected chi connectivity index (χ1v) is 3.85. The first kappa shape index (κ1) is 7.72. The lowest BCUT2D eigenvalue weighted by Crippen LogP contribution is -1.88. The Bertz CT molecular complexity index is 420. The van der Waals surface area contributed by atoms with Gasteiger partial charge in [-0.3, -0.25) is 10.1 Å². The number of H-pyrrole nitrogens is 1. The van der Waals surface area contributed by atoms with E-state index in [2.05, 4.69) is 20.2 Å². The molecule has 0 bridgehead atoms. The minimum Gasteiger partial charge on any atom is -0.397 e. The van der Waals surface area contributed by atoms with Crippen LogP contribution in [0.25, 0.3) is 11.4 Å². The third kappa shape index (κ3) is 1.48. The Morgan fingerprint density at radius 3 is 2.85 bits per heavy atom. The predicted molar refractivity (Wildman–Crippen MR) is 48.8 cm³/mol. The summed E-state index contributed by atoms with van der Waals surface area (Å²) in [6.45, 7) is 1.84. The highest BCUT2D eigenvalue weighted by molar-refractivity contribution is 5.58. The van der Waals surface area contributed by atoms with Crippen LogP contribution in [0, 0.1) is 6.92 Å². The summed E-state index contributed by atoms with van der Waals surface area (Å²) in [6, 6.07) is 1.79. The van der Waals surface area contributed by atoms with Crippen LogP contribution in [0.4, 0.5) is 5.69 Å². The molecule has 0 saturated heterocycles. The van der Waals surface area contributed by atoms with Gasteiger partial charge in [-0.2, -0.15) is 5.10 Å². The zero-order valence-corrected chi connectivity index (χ0v) is 7.15. The van der Waals surface area contributed by atoms with Gasteiger partial charge in [0.15, 0.2) is 5.82 Å². The number of nitrogen functional groups attached to an aromatic ring is 1. The number of nitrogens with zero attached hydrogens (tertiary/aromatic N) is 3. The lowest BCUT2D eigenvalue weighted by Gasteiger charge is -1.94. The third-order valence-electron chi connectivity index (χ3n) is 1.61. The molecule has 2 aromatic heterocycles. The predicted octanol–water partition coefficient (Wildman–Crippen LogP) is 0.757. The molecule has 0 amide bonds. The zero-order valence-electron chi connectivity index (χ0n) is 7.15. The van der Waals surface area contributed by atoms with Crippen molar-refractivity contribution in [1.29, 1.82) is 0 Å². The number of hydrogen-bond donors (Lipinski definition) is 2. The van der Waals surface area contributed by atoms with Crippen LogP contribution < -0.4 is 5.73 Å². The molecule has 0 radical (unpaired) electrons. The second-order valence-corrected chi connectivity index (χ2v) is 2.75.